The van der Waals surface area contributed by atoms with Gasteiger partial charge in [-0.15, -0.1) is 0 Å². The first kappa shape index (κ1) is 12.6. The van der Waals surface area contributed by atoms with E-state index >= 15 is 0 Å². The van der Waals surface area contributed by atoms with Crippen molar-refractivity contribution in [3.05, 3.63) is 28.2 Å². The minimum absolute atomic E-state index is 0.293. The maximum Gasteiger partial charge on any atom is 0.148 e. The van der Waals surface area contributed by atoms with E-state index in [1.165, 1.54) is 0 Å². The third-order valence-electron chi connectivity index (χ3n) is 1.85. The molecule has 1 unspecified atom stereocenters. The monoisotopic (exact) mass is 263 g/mol. The van der Waals surface area contributed by atoms with Gasteiger partial charge in [0.1, 0.15) is 16.8 Å². The fraction of sp³-hybridized carbons (Fsp3) is 0.300. The van der Waals surface area contributed by atoms with Crippen molar-refractivity contribution in [2.24, 2.45) is 5.73 Å². The van der Waals surface area contributed by atoms with Gasteiger partial charge in [0.25, 0.3) is 0 Å². The zero-order chi connectivity index (χ0) is 11.4. The highest BCUT2D eigenvalue weighted by atomic mass is 35.5. The first-order valence-corrected chi connectivity index (χ1v) is 5.62. The molecule has 0 radical (unpaired) electrons. The first-order valence-electron chi connectivity index (χ1n) is 4.45. The molecule has 1 rings (SSSR count). The number of benzene rings is 1. The Bertz CT molecular complexity index is 370. The van der Waals surface area contributed by atoms with Gasteiger partial charge in [0, 0.05) is 5.02 Å². The van der Waals surface area contributed by atoms with Gasteiger partial charge in [-0.3, -0.25) is 0 Å². The maximum absolute atomic E-state index is 5.94. The van der Waals surface area contributed by atoms with Crippen LogP contribution in [0, 0.1) is 0 Å². The lowest BCUT2D eigenvalue weighted by molar-refractivity contribution is 0.264. The number of nitrogens with two attached hydrogens (primary N) is 1. The summed E-state index contributed by atoms with van der Waals surface area (Å²) in [5.41, 5.74) is 5.51. The molecule has 1 aromatic carbocycles. The van der Waals surface area contributed by atoms with Crippen molar-refractivity contribution < 1.29 is 4.74 Å². The highest BCUT2D eigenvalue weighted by Gasteiger charge is 2.13. The lowest BCUT2D eigenvalue weighted by Crippen LogP contribution is -2.31. The lowest BCUT2D eigenvalue weighted by atomic mass is 10.2. The normalized spacial score (nSPS) is 12.2. The van der Waals surface area contributed by atoms with Crippen LogP contribution in [-0.4, -0.2) is 11.1 Å². The maximum atomic E-state index is 5.94. The van der Waals surface area contributed by atoms with Gasteiger partial charge in [-0.2, -0.15) is 0 Å². The van der Waals surface area contributed by atoms with Crippen LogP contribution in [0.4, 0.5) is 0 Å². The molecule has 82 valence electrons. The molecule has 0 bridgehead atoms. The molecule has 0 aromatic heterocycles. The average molecular weight is 264 g/mol. The van der Waals surface area contributed by atoms with Crippen molar-refractivity contribution in [2.45, 2.75) is 19.4 Å². The van der Waals surface area contributed by atoms with E-state index < -0.39 is 0 Å². The second kappa shape index (κ2) is 5.54. The predicted octanol–water partition coefficient (Wildman–Crippen LogP) is 3.44. The zero-order valence-electron chi connectivity index (χ0n) is 8.17. The third-order valence-corrected chi connectivity index (χ3v) is 2.64. The molecular weight excluding hydrogens is 253 g/mol. The summed E-state index contributed by atoms with van der Waals surface area (Å²) in [5, 5.41) is 1.02. The summed E-state index contributed by atoms with van der Waals surface area (Å²) in [6.45, 7) is 1.94. The van der Waals surface area contributed by atoms with E-state index in [0.717, 1.165) is 0 Å². The van der Waals surface area contributed by atoms with Crippen molar-refractivity contribution >= 4 is 40.4 Å². The third kappa shape index (κ3) is 3.52. The van der Waals surface area contributed by atoms with Gasteiger partial charge < -0.3 is 10.5 Å². The van der Waals surface area contributed by atoms with E-state index in [1.54, 1.807) is 18.2 Å². The molecule has 2 N–H and O–H groups in total. The SMILES string of the molecule is CCC(Oc1ccc(Cl)cc1Cl)C(N)=S. The Hall–Kier alpha value is -0.510. The molecule has 1 aromatic rings. The Balaban J connectivity index is 2.84. The Morgan fingerprint density at radius 1 is 1.53 bits per heavy atom. The summed E-state index contributed by atoms with van der Waals surface area (Å²) >= 11 is 16.6. The number of thiocarbonyl (C=S) groups is 1. The number of halogens is 2. The molecule has 0 aliphatic carbocycles. The number of hydrogen-bond acceptors (Lipinski definition) is 2. The fourth-order valence-corrected chi connectivity index (χ4v) is 1.73. The van der Waals surface area contributed by atoms with Crippen molar-refractivity contribution in [1.29, 1.82) is 0 Å². The highest BCUT2D eigenvalue weighted by molar-refractivity contribution is 7.80. The van der Waals surface area contributed by atoms with Crippen LogP contribution in [-0.2, 0) is 0 Å². The number of rotatable bonds is 4. The molecule has 2 nitrogen and oxygen atoms in total. The van der Waals surface area contributed by atoms with Crippen LogP contribution in [0.3, 0.4) is 0 Å². The highest BCUT2D eigenvalue weighted by Crippen LogP contribution is 2.28. The molecule has 0 aliphatic heterocycles. The Morgan fingerprint density at radius 3 is 2.67 bits per heavy atom. The van der Waals surface area contributed by atoms with Crippen LogP contribution in [0.5, 0.6) is 5.75 Å². The van der Waals surface area contributed by atoms with Crippen LogP contribution in [0.25, 0.3) is 0 Å². The lowest BCUT2D eigenvalue weighted by Gasteiger charge is -2.16. The van der Waals surface area contributed by atoms with Crippen molar-refractivity contribution in [1.82, 2.24) is 0 Å². The second-order valence-corrected chi connectivity index (χ2v) is 4.31. The molecule has 15 heavy (non-hydrogen) atoms. The summed E-state index contributed by atoms with van der Waals surface area (Å²) in [6.07, 6.45) is 0.410. The van der Waals surface area contributed by atoms with Crippen molar-refractivity contribution in [2.75, 3.05) is 0 Å². The molecule has 5 heteroatoms. The molecular formula is C10H11Cl2NOS. The zero-order valence-corrected chi connectivity index (χ0v) is 10.5. The van der Waals surface area contributed by atoms with Crippen molar-refractivity contribution in [3.8, 4) is 5.75 Å². The van der Waals surface area contributed by atoms with E-state index in [-0.39, 0.29) is 6.10 Å². The van der Waals surface area contributed by atoms with Gasteiger partial charge in [0.15, 0.2) is 0 Å². The van der Waals surface area contributed by atoms with E-state index in [0.29, 0.717) is 27.2 Å². The van der Waals surface area contributed by atoms with Crippen molar-refractivity contribution in [3.63, 3.8) is 0 Å². The standard InChI is InChI=1S/C10H11Cl2NOS/c1-2-8(10(13)15)14-9-4-3-6(11)5-7(9)12/h3-5,8H,2H2,1H3,(H2,13,15). The molecule has 1 atom stereocenters. The smallest absolute Gasteiger partial charge is 0.148 e. The van der Waals surface area contributed by atoms with Gasteiger partial charge in [0.2, 0.25) is 0 Å². The average Bonchev–Trinajstić information content (AvgIpc) is 2.16. The van der Waals surface area contributed by atoms with Crippen LogP contribution >= 0.6 is 35.4 Å². The van der Waals surface area contributed by atoms with Crippen LogP contribution in [0.15, 0.2) is 18.2 Å². The fourth-order valence-electron chi connectivity index (χ4n) is 1.07. The number of hydrogen-bond donors (Lipinski definition) is 1. The Labute approximate surface area is 104 Å². The summed E-state index contributed by atoms with van der Waals surface area (Å²) in [6, 6.07) is 5.02. The summed E-state index contributed by atoms with van der Waals surface area (Å²) in [4.78, 5) is 0.323. The van der Waals surface area contributed by atoms with E-state index in [4.69, 9.17) is 45.9 Å². The minimum Gasteiger partial charge on any atom is -0.482 e. The summed E-state index contributed by atoms with van der Waals surface area (Å²) < 4.78 is 5.55. The van der Waals surface area contributed by atoms with E-state index in [9.17, 15) is 0 Å². The Morgan fingerprint density at radius 2 is 2.20 bits per heavy atom. The van der Waals surface area contributed by atoms with Gasteiger partial charge in [-0.25, -0.2) is 0 Å². The quantitative estimate of drug-likeness (QED) is 0.846. The molecule has 0 heterocycles. The van der Waals surface area contributed by atoms with E-state index in [2.05, 4.69) is 0 Å². The molecule has 0 fully saturated rings. The Kier molecular flexibility index (Phi) is 4.64. The number of ether oxygens (including phenoxy) is 1. The van der Waals surface area contributed by atoms with Gasteiger partial charge in [-0.1, -0.05) is 42.3 Å². The molecule has 0 aliphatic rings. The summed E-state index contributed by atoms with van der Waals surface area (Å²) in [7, 11) is 0. The van der Waals surface area contributed by atoms with Crippen LogP contribution < -0.4 is 10.5 Å². The largest absolute Gasteiger partial charge is 0.482 e. The van der Waals surface area contributed by atoms with Gasteiger partial charge in [0.05, 0.1) is 5.02 Å². The molecule has 0 saturated heterocycles. The first-order chi connectivity index (χ1) is 7.04. The molecule has 0 saturated carbocycles. The molecule has 0 spiro atoms. The topological polar surface area (TPSA) is 35.2 Å². The predicted molar refractivity (Wildman–Crippen MR) is 68.0 cm³/mol. The van der Waals surface area contributed by atoms with Crippen LogP contribution in [0.1, 0.15) is 13.3 Å². The van der Waals surface area contributed by atoms with Gasteiger partial charge >= 0.3 is 0 Å². The minimum atomic E-state index is -0.293. The van der Waals surface area contributed by atoms with Gasteiger partial charge in [-0.05, 0) is 24.6 Å². The second-order valence-electron chi connectivity index (χ2n) is 2.99. The van der Waals surface area contributed by atoms with E-state index in [1.807, 2.05) is 6.92 Å². The summed E-state index contributed by atoms with van der Waals surface area (Å²) in [5.74, 6) is 0.542. The molecule has 0 amide bonds. The van der Waals surface area contributed by atoms with Crippen LogP contribution in [0.2, 0.25) is 10.0 Å².